The first-order chi connectivity index (χ1) is 3.31. The van der Waals surface area contributed by atoms with Gasteiger partial charge in [-0.1, -0.05) is 6.92 Å². The molecule has 1 radical (unpaired) electrons. The Bertz CT molecular complexity index is 61.1. The van der Waals surface area contributed by atoms with Crippen LogP contribution in [-0.2, 0) is 4.79 Å². The van der Waals surface area contributed by atoms with Gasteiger partial charge in [-0.05, 0) is 0 Å². The molecule has 0 aromatic heterocycles. The van der Waals surface area contributed by atoms with Gasteiger partial charge < -0.3 is 5.32 Å². The van der Waals surface area contributed by atoms with Crippen molar-refractivity contribution in [1.82, 2.24) is 5.32 Å². The summed E-state index contributed by atoms with van der Waals surface area (Å²) in [5.41, 5.74) is 0. The van der Waals surface area contributed by atoms with E-state index in [1.165, 1.54) is 0 Å². The van der Waals surface area contributed by atoms with Crippen LogP contribution in [-0.4, -0.2) is 12.3 Å². The van der Waals surface area contributed by atoms with Crippen molar-refractivity contribution in [3.05, 3.63) is 7.05 Å². The van der Waals surface area contributed by atoms with Crippen LogP contribution in [0.4, 0.5) is 0 Å². The third-order valence-corrected chi connectivity index (χ3v) is 0.717. The lowest BCUT2D eigenvalue weighted by molar-refractivity contribution is -0.117. The van der Waals surface area contributed by atoms with Crippen molar-refractivity contribution in [2.45, 2.75) is 13.3 Å². The van der Waals surface area contributed by atoms with E-state index in [-0.39, 0.29) is 5.78 Å². The second-order valence-electron chi connectivity index (χ2n) is 1.32. The second-order valence-corrected chi connectivity index (χ2v) is 1.32. The molecular formula is C5H10NO. The molecule has 0 heterocycles. The van der Waals surface area contributed by atoms with E-state index < -0.39 is 0 Å². The number of hydrogen-bond acceptors (Lipinski definition) is 2. The minimum absolute atomic E-state index is 0.204. The highest BCUT2D eigenvalue weighted by Gasteiger charge is 1.90. The Morgan fingerprint density at radius 2 is 2.43 bits per heavy atom. The van der Waals surface area contributed by atoms with Gasteiger partial charge in [0.15, 0.2) is 0 Å². The van der Waals surface area contributed by atoms with Crippen molar-refractivity contribution in [1.29, 1.82) is 0 Å². The zero-order valence-electron chi connectivity index (χ0n) is 4.53. The third kappa shape index (κ3) is 3.46. The van der Waals surface area contributed by atoms with E-state index in [1.807, 2.05) is 6.92 Å². The highest BCUT2D eigenvalue weighted by atomic mass is 16.1. The van der Waals surface area contributed by atoms with Crippen molar-refractivity contribution in [2.75, 3.05) is 6.54 Å². The lowest BCUT2D eigenvalue weighted by Gasteiger charge is -1.89. The largest absolute Gasteiger partial charge is 0.309 e. The highest BCUT2D eigenvalue weighted by Crippen LogP contribution is 1.74. The van der Waals surface area contributed by atoms with Crippen LogP contribution in [0.25, 0.3) is 0 Å². The van der Waals surface area contributed by atoms with Crippen molar-refractivity contribution in [3.63, 3.8) is 0 Å². The SMILES string of the molecule is [CH2]NCC(=O)CC. The monoisotopic (exact) mass is 100 g/mol. The first-order valence-electron chi connectivity index (χ1n) is 2.33. The van der Waals surface area contributed by atoms with Crippen molar-refractivity contribution >= 4 is 5.78 Å². The van der Waals surface area contributed by atoms with Gasteiger partial charge in [0.25, 0.3) is 0 Å². The number of rotatable bonds is 3. The van der Waals surface area contributed by atoms with Crippen molar-refractivity contribution < 1.29 is 4.79 Å². The van der Waals surface area contributed by atoms with E-state index in [4.69, 9.17) is 0 Å². The molecule has 0 aliphatic heterocycles. The van der Waals surface area contributed by atoms with Gasteiger partial charge in [-0.3, -0.25) is 4.79 Å². The van der Waals surface area contributed by atoms with E-state index in [9.17, 15) is 4.79 Å². The van der Waals surface area contributed by atoms with Gasteiger partial charge in [-0.2, -0.15) is 0 Å². The van der Waals surface area contributed by atoms with Crippen LogP contribution in [0, 0.1) is 7.05 Å². The molecule has 1 N–H and O–H groups in total. The van der Waals surface area contributed by atoms with Crippen LogP contribution in [0.15, 0.2) is 0 Å². The van der Waals surface area contributed by atoms with E-state index in [0.717, 1.165) is 0 Å². The fourth-order valence-corrected chi connectivity index (χ4v) is 0.264. The molecule has 0 aliphatic rings. The Morgan fingerprint density at radius 3 is 2.57 bits per heavy atom. The van der Waals surface area contributed by atoms with Gasteiger partial charge >= 0.3 is 0 Å². The maximum atomic E-state index is 10.3. The summed E-state index contributed by atoms with van der Waals surface area (Å²) in [4.78, 5) is 10.3. The van der Waals surface area contributed by atoms with Gasteiger partial charge in [-0.15, -0.1) is 0 Å². The van der Waals surface area contributed by atoms with Crippen LogP contribution in [0.3, 0.4) is 0 Å². The number of carbonyl (C=O) groups is 1. The minimum Gasteiger partial charge on any atom is -0.309 e. The minimum atomic E-state index is 0.204. The smallest absolute Gasteiger partial charge is 0.146 e. The fraction of sp³-hybridized carbons (Fsp3) is 0.600. The molecular weight excluding hydrogens is 90.1 g/mol. The van der Waals surface area contributed by atoms with E-state index in [2.05, 4.69) is 12.4 Å². The third-order valence-electron chi connectivity index (χ3n) is 0.717. The predicted octanol–water partition coefficient (Wildman–Crippen LogP) is 0.347. The van der Waals surface area contributed by atoms with Crippen molar-refractivity contribution in [3.8, 4) is 0 Å². The number of ketones is 1. The second kappa shape index (κ2) is 3.81. The molecule has 2 nitrogen and oxygen atoms in total. The number of Topliss-reactive ketones (excluding diaryl/α,β-unsaturated/α-hetero) is 1. The molecule has 0 unspecified atom stereocenters. The number of hydrogen-bond donors (Lipinski definition) is 1. The maximum absolute atomic E-state index is 10.3. The summed E-state index contributed by atoms with van der Waals surface area (Å²) in [6, 6.07) is 0. The predicted molar refractivity (Wildman–Crippen MR) is 28.7 cm³/mol. The van der Waals surface area contributed by atoms with Crippen LogP contribution in [0.5, 0.6) is 0 Å². The first-order valence-corrected chi connectivity index (χ1v) is 2.33. The lowest BCUT2D eigenvalue weighted by atomic mass is 10.3. The summed E-state index contributed by atoms with van der Waals surface area (Å²) in [6.07, 6.45) is 0.600. The molecule has 0 saturated heterocycles. The summed E-state index contributed by atoms with van der Waals surface area (Å²) in [7, 11) is 3.30. The Kier molecular flexibility index (Phi) is 3.61. The Balaban J connectivity index is 3.00. The molecule has 0 aromatic rings. The summed E-state index contributed by atoms with van der Waals surface area (Å²) in [5, 5.41) is 2.52. The topological polar surface area (TPSA) is 29.1 Å². The molecule has 0 fully saturated rings. The normalized spacial score (nSPS) is 8.86. The molecule has 0 saturated carbocycles. The Hall–Kier alpha value is -0.370. The number of nitrogens with one attached hydrogen (secondary N) is 1. The zero-order valence-corrected chi connectivity index (χ0v) is 4.53. The molecule has 0 amide bonds. The standard InChI is InChI=1S/C5H10NO/c1-3-5(7)4-6-2/h6H,2-4H2,1H3. The first kappa shape index (κ1) is 6.63. The van der Waals surface area contributed by atoms with Crippen LogP contribution >= 0.6 is 0 Å². The average molecular weight is 100 g/mol. The summed E-state index contributed by atoms with van der Waals surface area (Å²) in [6.45, 7) is 2.23. The Labute approximate surface area is 43.9 Å². The molecule has 0 spiro atoms. The van der Waals surface area contributed by atoms with Crippen LogP contribution in [0.2, 0.25) is 0 Å². The van der Waals surface area contributed by atoms with Gasteiger partial charge in [-0.25, -0.2) is 0 Å². The molecule has 0 atom stereocenters. The molecule has 0 aromatic carbocycles. The lowest BCUT2D eigenvalue weighted by Crippen LogP contribution is -2.14. The van der Waals surface area contributed by atoms with Gasteiger partial charge in [0.1, 0.15) is 5.78 Å². The van der Waals surface area contributed by atoms with E-state index >= 15 is 0 Å². The van der Waals surface area contributed by atoms with E-state index in [0.29, 0.717) is 13.0 Å². The fourth-order valence-electron chi connectivity index (χ4n) is 0.264. The van der Waals surface area contributed by atoms with Gasteiger partial charge in [0.2, 0.25) is 0 Å². The summed E-state index contributed by atoms with van der Waals surface area (Å²) >= 11 is 0. The molecule has 2 heteroatoms. The molecule has 41 valence electrons. The molecule has 0 aliphatic carbocycles. The van der Waals surface area contributed by atoms with Gasteiger partial charge in [0.05, 0.1) is 6.54 Å². The summed E-state index contributed by atoms with van der Waals surface area (Å²) < 4.78 is 0. The molecule has 0 bridgehead atoms. The highest BCUT2D eigenvalue weighted by molar-refractivity contribution is 5.80. The van der Waals surface area contributed by atoms with Crippen LogP contribution in [0.1, 0.15) is 13.3 Å². The zero-order chi connectivity index (χ0) is 5.70. The average Bonchev–Trinajstić information content (AvgIpc) is 1.68. The quantitative estimate of drug-likeness (QED) is 0.554. The number of carbonyl (C=O) groups excluding carboxylic acids is 1. The maximum Gasteiger partial charge on any atom is 0.146 e. The Morgan fingerprint density at radius 1 is 1.86 bits per heavy atom. The van der Waals surface area contributed by atoms with E-state index in [1.54, 1.807) is 0 Å². The van der Waals surface area contributed by atoms with Crippen LogP contribution < -0.4 is 5.32 Å². The van der Waals surface area contributed by atoms with Crippen molar-refractivity contribution in [2.24, 2.45) is 0 Å². The molecule has 0 rings (SSSR count). The summed E-state index contributed by atoms with van der Waals surface area (Å²) in [5.74, 6) is 0.204. The van der Waals surface area contributed by atoms with Gasteiger partial charge in [0, 0.05) is 13.5 Å². The molecule has 7 heavy (non-hydrogen) atoms.